The van der Waals surface area contributed by atoms with Crippen LogP contribution in [0.2, 0.25) is 0 Å². The summed E-state index contributed by atoms with van der Waals surface area (Å²) in [7, 11) is -8.48. The molecule has 0 bridgehead atoms. The van der Waals surface area contributed by atoms with Crippen LogP contribution in [0.5, 0.6) is 0 Å². The van der Waals surface area contributed by atoms with Crippen molar-refractivity contribution in [1.29, 1.82) is 0 Å². The highest BCUT2D eigenvalue weighted by Gasteiger charge is 2.23. The maximum atomic E-state index is 11.5. The van der Waals surface area contributed by atoms with Gasteiger partial charge in [0, 0.05) is 10.6 Å². The summed E-state index contributed by atoms with van der Waals surface area (Å²) in [6.45, 7) is 1.42. The summed E-state index contributed by atoms with van der Waals surface area (Å²) in [6.07, 6.45) is 0. The molecule has 0 atom stereocenters. The van der Waals surface area contributed by atoms with Crippen LogP contribution in [0.3, 0.4) is 0 Å². The lowest BCUT2D eigenvalue weighted by atomic mass is 10.2. The minimum atomic E-state index is -4.26. The van der Waals surface area contributed by atoms with E-state index in [9.17, 15) is 16.8 Å². The molecule has 0 spiro atoms. The summed E-state index contributed by atoms with van der Waals surface area (Å²) < 4.78 is 45.8. The maximum absolute atomic E-state index is 11.5. The van der Waals surface area contributed by atoms with Crippen LogP contribution in [-0.4, -0.2) is 16.8 Å². The Morgan fingerprint density at radius 3 is 1.80 bits per heavy atom. The number of benzene rings is 1. The van der Waals surface area contributed by atoms with E-state index < -0.39 is 29.8 Å². The molecule has 0 aliphatic rings. The van der Waals surface area contributed by atoms with E-state index in [1.165, 1.54) is 6.92 Å². The van der Waals surface area contributed by atoms with Gasteiger partial charge in [-0.2, -0.15) is 0 Å². The Bertz CT molecular complexity index is 797. The number of primary sulfonamides is 2. The zero-order valence-corrected chi connectivity index (χ0v) is 13.2. The molecule has 1 aromatic carbocycles. The Morgan fingerprint density at radius 1 is 1.00 bits per heavy atom. The van der Waals surface area contributed by atoms with Crippen LogP contribution < -0.4 is 16.0 Å². The number of rotatable bonds is 3. The lowest BCUT2D eigenvalue weighted by Crippen LogP contribution is -2.19. The minimum Gasteiger partial charge on any atom is -0.398 e. The van der Waals surface area contributed by atoms with E-state index in [1.807, 2.05) is 0 Å². The number of anilines is 1. The summed E-state index contributed by atoms with van der Waals surface area (Å²) in [5, 5.41) is 9.93. The predicted molar refractivity (Wildman–Crippen MR) is 77.9 cm³/mol. The fourth-order valence-corrected chi connectivity index (χ4v) is 3.22. The van der Waals surface area contributed by atoms with Crippen LogP contribution in [-0.2, 0) is 20.0 Å². The zero-order valence-electron chi connectivity index (χ0n) is 10.1. The second-order valence-corrected chi connectivity index (χ2v) is 7.83. The average Bonchev–Trinajstić information content (AvgIpc) is 2.23. The van der Waals surface area contributed by atoms with E-state index in [0.29, 0.717) is 0 Å². The fourth-order valence-electron chi connectivity index (χ4n) is 1.42. The summed E-state index contributed by atoms with van der Waals surface area (Å²) in [6, 6.07) is 1.78. The number of sulfonamides is 2. The van der Waals surface area contributed by atoms with E-state index in [-0.39, 0.29) is 21.3 Å². The number of halogens is 2. The van der Waals surface area contributed by atoms with E-state index in [2.05, 4.69) is 0 Å². The number of hydrogen-bond donors (Lipinski definition) is 3. The molecule has 20 heavy (non-hydrogen) atoms. The largest absolute Gasteiger partial charge is 0.398 e. The van der Waals surface area contributed by atoms with Crippen LogP contribution in [0.1, 0.15) is 12.5 Å². The third-order valence-electron chi connectivity index (χ3n) is 2.26. The Labute approximate surface area is 126 Å². The van der Waals surface area contributed by atoms with Crippen molar-refractivity contribution in [3.63, 3.8) is 0 Å². The smallest absolute Gasteiger partial charge is 0.240 e. The Kier molecular flexibility index (Phi) is 4.74. The monoisotopic (exact) mass is 359 g/mol. The molecule has 0 saturated carbocycles. The first-order valence-electron chi connectivity index (χ1n) is 4.87. The summed E-state index contributed by atoms with van der Waals surface area (Å²) in [5.41, 5.74) is 5.16. The highest BCUT2D eigenvalue weighted by molar-refractivity contribution is 7.90. The topological polar surface area (TPSA) is 146 Å². The quantitative estimate of drug-likeness (QED) is 0.680. The third kappa shape index (κ3) is 3.62. The standard InChI is InChI=1S/C9H11Cl2N3O4S2/c1-4(10)9(11)5-2-6(12)8(20(14,17)18)3-7(5)19(13,15)16/h2-3H,12H2,1H3,(H2,13,15,16)(H2,14,17,18)/b9-4+. The van der Waals surface area contributed by atoms with E-state index >= 15 is 0 Å². The molecule has 0 amide bonds. The highest BCUT2D eigenvalue weighted by Crippen LogP contribution is 2.34. The van der Waals surface area contributed by atoms with Crippen LogP contribution >= 0.6 is 23.2 Å². The lowest BCUT2D eigenvalue weighted by Gasteiger charge is -2.12. The number of allylic oxidation sites excluding steroid dienone is 1. The molecule has 0 fully saturated rings. The van der Waals surface area contributed by atoms with E-state index in [1.54, 1.807) is 0 Å². The van der Waals surface area contributed by atoms with Gasteiger partial charge in [0.05, 0.1) is 15.6 Å². The fraction of sp³-hybridized carbons (Fsp3) is 0.111. The van der Waals surface area contributed by atoms with Gasteiger partial charge in [0.25, 0.3) is 0 Å². The molecule has 6 N–H and O–H groups in total. The molecule has 7 nitrogen and oxygen atoms in total. The molecule has 0 saturated heterocycles. The van der Waals surface area contributed by atoms with Crippen molar-refractivity contribution in [3.05, 3.63) is 22.7 Å². The summed E-state index contributed by atoms with van der Waals surface area (Å²) in [4.78, 5) is -1.11. The molecule has 112 valence electrons. The van der Waals surface area contributed by atoms with Gasteiger partial charge in [-0.15, -0.1) is 0 Å². The molecule has 0 heterocycles. The van der Waals surface area contributed by atoms with Crippen molar-refractivity contribution >= 4 is 54.0 Å². The lowest BCUT2D eigenvalue weighted by molar-refractivity contribution is 0.596. The van der Waals surface area contributed by atoms with Gasteiger partial charge in [0.2, 0.25) is 20.0 Å². The second kappa shape index (κ2) is 5.51. The van der Waals surface area contributed by atoms with Gasteiger partial charge in [-0.3, -0.25) is 0 Å². The van der Waals surface area contributed by atoms with Crippen molar-refractivity contribution < 1.29 is 16.8 Å². The van der Waals surface area contributed by atoms with Crippen molar-refractivity contribution in [3.8, 4) is 0 Å². The minimum absolute atomic E-state index is 0.0827. The molecule has 0 aromatic heterocycles. The first-order valence-corrected chi connectivity index (χ1v) is 8.72. The van der Waals surface area contributed by atoms with E-state index in [0.717, 1.165) is 12.1 Å². The normalized spacial score (nSPS) is 14.1. The van der Waals surface area contributed by atoms with E-state index in [4.69, 9.17) is 39.2 Å². The number of nitrogens with two attached hydrogens (primary N) is 3. The van der Waals surface area contributed by atoms with Gasteiger partial charge in [-0.1, -0.05) is 23.2 Å². The van der Waals surface area contributed by atoms with Gasteiger partial charge in [0.1, 0.15) is 4.90 Å². The molecule has 1 aromatic rings. The van der Waals surface area contributed by atoms with Gasteiger partial charge in [-0.05, 0) is 19.1 Å². The molecule has 0 aliphatic heterocycles. The Balaban J connectivity index is 3.91. The average molecular weight is 360 g/mol. The van der Waals surface area contributed by atoms with Crippen molar-refractivity contribution in [2.45, 2.75) is 16.7 Å². The Morgan fingerprint density at radius 2 is 1.45 bits per heavy atom. The number of nitrogen functional groups attached to an aromatic ring is 1. The SMILES string of the molecule is C/C(Cl)=C(\Cl)c1cc(N)c(S(N)(=O)=O)cc1S(N)(=O)=O. The van der Waals surface area contributed by atoms with Crippen LogP contribution in [0.25, 0.3) is 5.03 Å². The van der Waals surface area contributed by atoms with Crippen LogP contribution in [0, 0.1) is 0 Å². The van der Waals surface area contributed by atoms with Crippen molar-refractivity contribution in [1.82, 2.24) is 0 Å². The third-order valence-corrected chi connectivity index (χ3v) is 4.95. The first-order chi connectivity index (χ1) is 8.85. The molecule has 0 unspecified atom stereocenters. The van der Waals surface area contributed by atoms with Crippen molar-refractivity contribution in [2.24, 2.45) is 10.3 Å². The van der Waals surface area contributed by atoms with Gasteiger partial charge in [0.15, 0.2) is 0 Å². The second-order valence-electron chi connectivity index (χ2n) is 3.82. The molecular formula is C9H11Cl2N3O4S2. The van der Waals surface area contributed by atoms with Crippen LogP contribution in [0.4, 0.5) is 5.69 Å². The van der Waals surface area contributed by atoms with Gasteiger partial charge >= 0.3 is 0 Å². The summed E-state index contributed by atoms with van der Waals surface area (Å²) >= 11 is 11.6. The van der Waals surface area contributed by atoms with Crippen LogP contribution in [0.15, 0.2) is 27.0 Å². The molecule has 0 aliphatic carbocycles. The molecule has 11 heteroatoms. The first kappa shape index (κ1) is 17.2. The zero-order chi connectivity index (χ0) is 15.9. The summed E-state index contributed by atoms with van der Waals surface area (Å²) in [5.74, 6) is 0. The predicted octanol–water partition coefficient (Wildman–Crippen LogP) is 0.730. The molecular weight excluding hydrogens is 349 g/mol. The number of hydrogen-bond acceptors (Lipinski definition) is 5. The Hall–Kier alpha value is -0.840. The molecule has 0 radical (unpaired) electrons. The van der Waals surface area contributed by atoms with Crippen molar-refractivity contribution in [2.75, 3.05) is 5.73 Å². The maximum Gasteiger partial charge on any atom is 0.240 e. The van der Waals surface area contributed by atoms with Gasteiger partial charge < -0.3 is 5.73 Å². The highest BCUT2D eigenvalue weighted by atomic mass is 35.5. The molecule has 1 rings (SSSR count). The van der Waals surface area contributed by atoms with Gasteiger partial charge in [-0.25, -0.2) is 27.1 Å².